The first-order valence-electron chi connectivity index (χ1n) is 10.7. The molecule has 166 valence electrons. The maximum Gasteiger partial charge on any atom is 0.415 e. The first-order chi connectivity index (χ1) is 15.4. The van der Waals surface area contributed by atoms with E-state index in [2.05, 4.69) is 26.0 Å². The fraction of sp³-hybridized carbons (Fsp3) is 0.259. The van der Waals surface area contributed by atoms with Crippen LogP contribution in [0.1, 0.15) is 37.8 Å². The maximum absolute atomic E-state index is 13.2. The predicted octanol–water partition coefficient (Wildman–Crippen LogP) is 6.18. The number of para-hydroxylation sites is 1. The van der Waals surface area contributed by atoms with E-state index >= 15 is 0 Å². The molecule has 3 rings (SSSR count). The number of nitrogens with zero attached hydrogens (tertiary/aromatic N) is 1. The van der Waals surface area contributed by atoms with Crippen molar-refractivity contribution in [2.75, 3.05) is 12.0 Å². The van der Waals surface area contributed by atoms with Gasteiger partial charge in [0.25, 0.3) is 0 Å². The fourth-order valence-corrected chi connectivity index (χ4v) is 3.51. The van der Waals surface area contributed by atoms with Crippen molar-refractivity contribution in [3.05, 3.63) is 90.0 Å². The summed E-state index contributed by atoms with van der Waals surface area (Å²) in [5, 5.41) is 0. The van der Waals surface area contributed by atoms with Crippen molar-refractivity contribution in [3.63, 3.8) is 0 Å². The highest BCUT2D eigenvalue weighted by molar-refractivity contribution is 5.99. The van der Waals surface area contributed by atoms with Crippen LogP contribution in [-0.2, 0) is 20.9 Å². The molecule has 0 radical (unpaired) electrons. The number of methoxy groups -OCH3 is 1. The highest BCUT2D eigenvalue weighted by Crippen LogP contribution is 2.33. The molecular formula is C27H29NO4. The third kappa shape index (κ3) is 5.35. The number of esters is 1. The lowest BCUT2D eigenvalue weighted by Crippen LogP contribution is -2.44. The Labute approximate surface area is 189 Å². The number of carbonyl (C=O) groups excluding carboxylic acids is 2. The number of ether oxygens (including phenoxy) is 2. The van der Waals surface area contributed by atoms with Gasteiger partial charge in [-0.1, -0.05) is 86.6 Å². The first-order valence-corrected chi connectivity index (χ1v) is 10.7. The highest BCUT2D eigenvalue weighted by atomic mass is 16.6. The molecule has 0 aliphatic carbocycles. The molecule has 0 bridgehead atoms. The zero-order valence-electron chi connectivity index (χ0n) is 18.9. The molecule has 0 spiro atoms. The zero-order valence-corrected chi connectivity index (χ0v) is 18.9. The van der Waals surface area contributed by atoms with E-state index in [-0.39, 0.29) is 6.61 Å². The minimum Gasteiger partial charge on any atom is -0.467 e. The standard InChI is InChI=1S/C27H29NO4/c1-19(2)22-14-16-23(17-15-22)24-12-8-9-13-25(24)28(20(3)26(29)31-4)27(30)32-18-21-10-6-5-7-11-21/h5-17,19-20H,18H2,1-4H3/t20-/m0/s1. The molecule has 0 fully saturated rings. The SMILES string of the molecule is COC(=O)[C@H](C)N(C(=O)OCc1ccccc1)c1ccccc1-c1ccc(C(C)C)cc1. The number of amides is 1. The van der Waals surface area contributed by atoms with Crippen molar-refractivity contribution in [2.45, 2.75) is 39.3 Å². The molecule has 32 heavy (non-hydrogen) atoms. The number of carbonyl (C=O) groups is 2. The van der Waals surface area contributed by atoms with Gasteiger partial charge in [0.1, 0.15) is 12.6 Å². The third-order valence-electron chi connectivity index (χ3n) is 5.38. The van der Waals surface area contributed by atoms with E-state index in [0.717, 1.165) is 16.7 Å². The molecule has 3 aromatic carbocycles. The summed E-state index contributed by atoms with van der Waals surface area (Å²) in [6.45, 7) is 6.03. The van der Waals surface area contributed by atoms with E-state index in [4.69, 9.17) is 9.47 Å². The Morgan fingerprint density at radius 1 is 0.844 bits per heavy atom. The van der Waals surface area contributed by atoms with Gasteiger partial charge < -0.3 is 9.47 Å². The summed E-state index contributed by atoms with van der Waals surface area (Å²) in [4.78, 5) is 27.0. The Morgan fingerprint density at radius 2 is 1.47 bits per heavy atom. The Bertz CT molecular complexity index is 1040. The number of hydrogen-bond donors (Lipinski definition) is 0. The van der Waals surface area contributed by atoms with E-state index in [9.17, 15) is 9.59 Å². The summed E-state index contributed by atoms with van der Waals surface area (Å²) >= 11 is 0. The van der Waals surface area contributed by atoms with E-state index in [1.165, 1.54) is 17.6 Å². The maximum atomic E-state index is 13.2. The van der Waals surface area contributed by atoms with Gasteiger partial charge in [-0.3, -0.25) is 4.90 Å². The predicted molar refractivity (Wildman–Crippen MR) is 127 cm³/mol. The minimum atomic E-state index is -0.862. The second-order valence-corrected chi connectivity index (χ2v) is 7.90. The molecule has 0 aliphatic rings. The van der Waals surface area contributed by atoms with Gasteiger partial charge in [-0.25, -0.2) is 9.59 Å². The Balaban J connectivity index is 1.97. The van der Waals surface area contributed by atoms with Crippen LogP contribution in [0, 0.1) is 0 Å². The quantitative estimate of drug-likeness (QED) is 0.419. The zero-order chi connectivity index (χ0) is 23.1. The van der Waals surface area contributed by atoms with Gasteiger partial charge in [-0.2, -0.15) is 0 Å². The lowest BCUT2D eigenvalue weighted by molar-refractivity contribution is -0.141. The molecule has 0 N–H and O–H groups in total. The van der Waals surface area contributed by atoms with Gasteiger partial charge in [0, 0.05) is 5.56 Å². The number of rotatable bonds is 7. The topological polar surface area (TPSA) is 55.8 Å². The van der Waals surface area contributed by atoms with Crippen LogP contribution in [-0.4, -0.2) is 25.2 Å². The fourth-order valence-electron chi connectivity index (χ4n) is 3.51. The lowest BCUT2D eigenvalue weighted by Gasteiger charge is -2.28. The molecule has 3 aromatic rings. The van der Waals surface area contributed by atoms with E-state index < -0.39 is 18.1 Å². The van der Waals surface area contributed by atoms with Crippen LogP contribution in [0.15, 0.2) is 78.9 Å². The highest BCUT2D eigenvalue weighted by Gasteiger charge is 2.31. The second kappa shape index (κ2) is 10.6. The molecule has 0 aliphatic heterocycles. The monoisotopic (exact) mass is 431 g/mol. The molecular weight excluding hydrogens is 402 g/mol. The normalized spacial score (nSPS) is 11.7. The second-order valence-electron chi connectivity index (χ2n) is 7.90. The van der Waals surface area contributed by atoms with E-state index in [1.807, 2.05) is 66.7 Å². The van der Waals surface area contributed by atoms with Gasteiger partial charge in [0.05, 0.1) is 12.8 Å². The summed E-state index contributed by atoms with van der Waals surface area (Å²) in [5.41, 5.74) is 4.45. The molecule has 0 aromatic heterocycles. The van der Waals surface area contributed by atoms with Gasteiger partial charge in [0.15, 0.2) is 0 Å². The van der Waals surface area contributed by atoms with Crippen molar-refractivity contribution < 1.29 is 19.1 Å². The first kappa shape index (κ1) is 23.1. The van der Waals surface area contributed by atoms with E-state index in [1.54, 1.807) is 6.92 Å². The molecule has 0 saturated heterocycles. The van der Waals surface area contributed by atoms with Crippen LogP contribution in [0.4, 0.5) is 10.5 Å². The minimum absolute atomic E-state index is 0.106. The summed E-state index contributed by atoms with van der Waals surface area (Å²) < 4.78 is 10.5. The number of benzene rings is 3. The van der Waals surface area contributed by atoms with Crippen LogP contribution in [0.3, 0.4) is 0 Å². The molecule has 1 amide bonds. The summed E-state index contributed by atoms with van der Waals surface area (Å²) in [5.74, 6) is -0.102. The molecule has 0 saturated carbocycles. The Kier molecular flexibility index (Phi) is 7.66. The lowest BCUT2D eigenvalue weighted by atomic mass is 9.97. The van der Waals surface area contributed by atoms with Gasteiger partial charge >= 0.3 is 12.1 Å². The van der Waals surface area contributed by atoms with Crippen LogP contribution in [0.25, 0.3) is 11.1 Å². The van der Waals surface area contributed by atoms with E-state index in [0.29, 0.717) is 11.6 Å². The molecule has 5 heteroatoms. The molecule has 5 nitrogen and oxygen atoms in total. The largest absolute Gasteiger partial charge is 0.467 e. The summed E-state index contributed by atoms with van der Waals surface area (Å²) in [6.07, 6.45) is -0.613. The van der Waals surface area contributed by atoms with Crippen LogP contribution in [0.5, 0.6) is 0 Å². The summed E-state index contributed by atoms with van der Waals surface area (Å²) in [6, 6.07) is 24.3. The smallest absolute Gasteiger partial charge is 0.415 e. The van der Waals surface area contributed by atoms with Gasteiger partial charge in [-0.15, -0.1) is 0 Å². The molecule has 0 heterocycles. The average Bonchev–Trinajstić information content (AvgIpc) is 2.83. The number of anilines is 1. The van der Waals surface area contributed by atoms with Gasteiger partial charge in [-0.05, 0) is 35.6 Å². The molecule has 1 atom stereocenters. The molecule has 0 unspecified atom stereocenters. The van der Waals surface area contributed by atoms with Gasteiger partial charge in [0.2, 0.25) is 0 Å². The van der Waals surface area contributed by atoms with Crippen molar-refractivity contribution in [2.24, 2.45) is 0 Å². The van der Waals surface area contributed by atoms with Crippen molar-refractivity contribution in [3.8, 4) is 11.1 Å². The Morgan fingerprint density at radius 3 is 2.09 bits per heavy atom. The average molecular weight is 432 g/mol. The van der Waals surface area contributed by atoms with Crippen molar-refractivity contribution in [1.82, 2.24) is 0 Å². The van der Waals surface area contributed by atoms with Crippen LogP contribution in [0.2, 0.25) is 0 Å². The van der Waals surface area contributed by atoms with Crippen LogP contribution < -0.4 is 4.90 Å². The van der Waals surface area contributed by atoms with Crippen molar-refractivity contribution in [1.29, 1.82) is 0 Å². The summed E-state index contributed by atoms with van der Waals surface area (Å²) in [7, 11) is 1.31. The third-order valence-corrected chi connectivity index (χ3v) is 5.38. The number of hydrogen-bond acceptors (Lipinski definition) is 4. The van der Waals surface area contributed by atoms with Crippen LogP contribution >= 0.6 is 0 Å². The Hall–Kier alpha value is -3.60. The van der Waals surface area contributed by atoms with Crippen molar-refractivity contribution >= 4 is 17.7 Å².